The first kappa shape index (κ1) is 11.9. The van der Waals surface area contributed by atoms with E-state index in [2.05, 4.69) is 0 Å². The van der Waals surface area contributed by atoms with Crippen molar-refractivity contribution in [3.05, 3.63) is 29.3 Å². The number of hydrogen-bond acceptors (Lipinski definition) is 3. The summed E-state index contributed by atoms with van der Waals surface area (Å²) < 4.78 is 0. The molecule has 4 heteroatoms. The third-order valence-electron chi connectivity index (χ3n) is 5.33. The number of anilines is 1. The van der Waals surface area contributed by atoms with Gasteiger partial charge >= 0.3 is 0 Å². The zero-order valence-corrected chi connectivity index (χ0v) is 11.3. The van der Waals surface area contributed by atoms with E-state index in [-0.39, 0.29) is 11.8 Å². The van der Waals surface area contributed by atoms with Crippen molar-refractivity contribution in [1.82, 2.24) is 4.90 Å². The highest BCUT2D eigenvalue weighted by Crippen LogP contribution is 2.49. The standard InChI is InChI=1S/C16H18N2O2/c17-13-3-1-2-12-14(13)16(20)18(15(12)19)8-11-7-9-4-5-10(11)6-9/h1-3,9-11H,4-8,17H2. The van der Waals surface area contributed by atoms with Gasteiger partial charge in [-0.2, -0.15) is 0 Å². The fourth-order valence-corrected chi connectivity index (χ4v) is 4.36. The molecule has 0 spiro atoms. The Balaban J connectivity index is 1.60. The van der Waals surface area contributed by atoms with Gasteiger partial charge < -0.3 is 5.73 Å². The number of nitrogen functional groups attached to an aromatic ring is 1. The molecule has 4 rings (SSSR count). The van der Waals surface area contributed by atoms with Crippen LogP contribution in [0.1, 0.15) is 46.4 Å². The number of carbonyl (C=O) groups excluding carboxylic acids is 2. The molecule has 4 nitrogen and oxygen atoms in total. The lowest BCUT2D eigenvalue weighted by atomic mass is 9.88. The Bertz CT molecular complexity index is 610. The maximum Gasteiger partial charge on any atom is 0.263 e. The van der Waals surface area contributed by atoms with E-state index in [9.17, 15) is 9.59 Å². The van der Waals surface area contributed by atoms with Crippen LogP contribution in [-0.2, 0) is 0 Å². The fraction of sp³-hybridized carbons (Fsp3) is 0.500. The molecule has 2 fully saturated rings. The minimum absolute atomic E-state index is 0.167. The lowest BCUT2D eigenvalue weighted by Crippen LogP contribution is -2.36. The van der Waals surface area contributed by atoms with Gasteiger partial charge in [0.25, 0.3) is 11.8 Å². The quantitative estimate of drug-likeness (QED) is 0.662. The van der Waals surface area contributed by atoms with Crippen molar-refractivity contribution in [1.29, 1.82) is 0 Å². The molecule has 1 aliphatic heterocycles. The van der Waals surface area contributed by atoms with Crippen molar-refractivity contribution in [3.8, 4) is 0 Å². The van der Waals surface area contributed by atoms with Crippen molar-refractivity contribution in [2.24, 2.45) is 17.8 Å². The van der Waals surface area contributed by atoms with Gasteiger partial charge in [0.05, 0.1) is 11.1 Å². The summed E-state index contributed by atoms with van der Waals surface area (Å²) in [6.07, 6.45) is 5.06. The molecule has 104 valence electrons. The second-order valence-electron chi connectivity index (χ2n) is 6.43. The average molecular weight is 270 g/mol. The van der Waals surface area contributed by atoms with Crippen LogP contribution in [0.5, 0.6) is 0 Å². The van der Waals surface area contributed by atoms with Gasteiger partial charge in [-0.3, -0.25) is 14.5 Å². The number of benzene rings is 1. The molecule has 0 aromatic heterocycles. The monoisotopic (exact) mass is 270 g/mol. The van der Waals surface area contributed by atoms with Crippen LogP contribution in [-0.4, -0.2) is 23.3 Å². The number of nitrogens with zero attached hydrogens (tertiary/aromatic N) is 1. The van der Waals surface area contributed by atoms with Gasteiger partial charge in [0.2, 0.25) is 0 Å². The second-order valence-corrected chi connectivity index (χ2v) is 6.43. The smallest absolute Gasteiger partial charge is 0.263 e. The first-order valence-electron chi connectivity index (χ1n) is 7.40. The number of hydrogen-bond donors (Lipinski definition) is 1. The number of carbonyl (C=O) groups is 2. The molecule has 2 aliphatic carbocycles. The normalized spacial score (nSPS) is 31.2. The minimum atomic E-state index is -0.203. The topological polar surface area (TPSA) is 63.4 Å². The molecule has 3 aliphatic rings. The lowest BCUT2D eigenvalue weighted by Gasteiger charge is -2.25. The molecule has 2 bridgehead atoms. The summed E-state index contributed by atoms with van der Waals surface area (Å²) in [5.41, 5.74) is 7.14. The van der Waals surface area contributed by atoms with E-state index in [0.717, 1.165) is 5.92 Å². The lowest BCUT2D eigenvalue weighted by molar-refractivity contribution is 0.0611. The Morgan fingerprint density at radius 1 is 1.15 bits per heavy atom. The number of fused-ring (bicyclic) bond motifs is 3. The number of amides is 2. The predicted octanol–water partition coefficient (Wildman–Crippen LogP) is 2.30. The van der Waals surface area contributed by atoms with E-state index in [1.807, 2.05) is 0 Å². The molecule has 0 radical (unpaired) electrons. The second kappa shape index (κ2) is 4.08. The Morgan fingerprint density at radius 3 is 2.65 bits per heavy atom. The third-order valence-corrected chi connectivity index (χ3v) is 5.33. The predicted molar refractivity (Wildman–Crippen MR) is 75.2 cm³/mol. The Hall–Kier alpha value is -1.84. The zero-order chi connectivity index (χ0) is 13.9. The highest BCUT2D eigenvalue weighted by molar-refractivity contribution is 6.23. The van der Waals surface area contributed by atoms with Crippen LogP contribution >= 0.6 is 0 Å². The van der Waals surface area contributed by atoms with Crippen molar-refractivity contribution >= 4 is 17.5 Å². The van der Waals surface area contributed by atoms with Crippen LogP contribution in [0.25, 0.3) is 0 Å². The van der Waals surface area contributed by atoms with Crippen molar-refractivity contribution in [2.75, 3.05) is 12.3 Å². The average Bonchev–Trinajstić information content (AvgIpc) is 3.10. The van der Waals surface area contributed by atoms with Crippen molar-refractivity contribution < 1.29 is 9.59 Å². The van der Waals surface area contributed by atoms with Gasteiger partial charge in [-0.05, 0) is 49.1 Å². The minimum Gasteiger partial charge on any atom is -0.398 e. The number of nitrogens with two attached hydrogens (primary N) is 1. The summed E-state index contributed by atoms with van der Waals surface area (Å²) >= 11 is 0. The van der Waals surface area contributed by atoms with Gasteiger partial charge in [-0.1, -0.05) is 12.5 Å². The first-order valence-corrected chi connectivity index (χ1v) is 7.40. The summed E-state index contributed by atoms with van der Waals surface area (Å²) in [6.45, 7) is 0.576. The SMILES string of the molecule is Nc1cccc2c1C(=O)N(CC1CC3CCC1C3)C2=O. The van der Waals surface area contributed by atoms with Crippen molar-refractivity contribution in [3.63, 3.8) is 0 Å². The van der Waals surface area contributed by atoms with Crippen LogP contribution < -0.4 is 5.73 Å². The Kier molecular flexibility index (Phi) is 2.43. The third kappa shape index (κ3) is 1.54. The summed E-state index contributed by atoms with van der Waals surface area (Å²) in [5, 5.41) is 0. The molecule has 3 atom stereocenters. The van der Waals surface area contributed by atoms with Crippen LogP contribution in [0, 0.1) is 17.8 Å². The molecule has 2 saturated carbocycles. The van der Waals surface area contributed by atoms with Gasteiger partial charge in [-0.25, -0.2) is 0 Å². The molecule has 1 heterocycles. The zero-order valence-electron chi connectivity index (χ0n) is 11.3. The molecule has 2 N–H and O–H groups in total. The summed E-state index contributed by atoms with van der Waals surface area (Å²) in [5.74, 6) is 1.66. The van der Waals surface area contributed by atoms with E-state index < -0.39 is 0 Å². The summed E-state index contributed by atoms with van der Waals surface area (Å²) in [7, 11) is 0. The Labute approximate surface area is 117 Å². The van der Waals surface area contributed by atoms with Gasteiger partial charge in [0.15, 0.2) is 0 Å². The largest absolute Gasteiger partial charge is 0.398 e. The summed E-state index contributed by atoms with van der Waals surface area (Å²) in [6, 6.07) is 5.12. The summed E-state index contributed by atoms with van der Waals surface area (Å²) in [4.78, 5) is 26.3. The van der Waals surface area contributed by atoms with Crippen LogP contribution in [0.15, 0.2) is 18.2 Å². The molecular weight excluding hydrogens is 252 g/mol. The molecule has 1 aromatic rings. The van der Waals surface area contributed by atoms with E-state index >= 15 is 0 Å². The van der Waals surface area contributed by atoms with Gasteiger partial charge in [0.1, 0.15) is 0 Å². The maximum absolute atomic E-state index is 12.4. The Morgan fingerprint density at radius 2 is 2.00 bits per heavy atom. The molecule has 1 aromatic carbocycles. The van der Waals surface area contributed by atoms with Crippen molar-refractivity contribution in [2.45, 2.75) is 25.7 Å². The van der Waals surface area contributed by atoms with Gasteiger partial charge in [-0.15, -0.1) is 0 Å². The molecule has 2 amide bonds. The van der Waals surface area contributed by atoms with Crippen LogP contribution in [0.3, 0.4) is 0 Å². The first-order chi connectivity index (χ1) is 9.65. The molecule has 3 unspecified atom stereocenters. The molecule has 20 heavy (non-hydrogen) atoms. The molecular formula is C16H18N2O2. The van der Waals surface area contributed by atoms with E-state index in [0.29, 0.717) is 35.2 Å². The maximum atomic E-state index is 12.4. The van der Waals surface area contributed by atoms with E-state index in [1.165, 1.54) is 30.6 Å². The number of rotatable bonds is 2. The number of imide groups is 1. The van der Waals surface area contributed by atoms with Crippen LogP contribution in [0.2, 0.25) is 0 Å². The van der Waals surface area contributed by atoms with E-state index in [1.54, 1.807) is 18.2 Å². The fourth-order valence-electron chi connectivity index (χ4n) is 4.36. The van der Waals surface area contributed by atoms with Gasteiger partial charge in [0, 0.05) is 12.2 Å². The highest BCUT2D eigenvalue weighted by atomic mass is 16.2. The molecule has 0 saturated heterocycles. The highest BCUT2D eigenvalue weighted by Gasteiger charge is 2.44. The van der Waals surface area contributed by atoms with E-state index in [4.69, 9.17) is 5.73 Å². The van der Waals surface area contributed by atoms with Crippen LogP contribution in [0.4, 0.5) is 5.69 Å².